The second-order valence-electron chi connectivity index (χ2n) is 3.88. The number of rotatable bonds is 2. The molecule has 1 amide bonds. The summed E-state index contributed by atoms with van der Waals surface area (Å²) in [7, 11) is 0. The number of benzene rings is 1. The van der Waals surface area contributed by atoms with Crippen LogP contribution in [0.3, 0.4) is 0 Å². The minimum Gasteiger partial charge on any atom is -0.378 e. The highest BCUT2D eigenvalue weighted by Gasteiger charge is 2.21. The van der Waals surface area contributed by atoms with Gasteiger partial charge in [0.2, 0.25) is 5.91 Å². The topological polar surface area (TPSA) is 74.2 Å². The Morgan fingerprint density at radius 2 is 2.44 bits per heavy atom. The number of halogens is 1. The van der Waals surface area contributed by atoms with Crippen molar-refractivity contribution in [3.05, 3.63) is 28.8 Å². The average Bonchev–Trinajstić information content (AvgIpc) is 2.42. The van der Waals surface area contributed by atoms with Gasteiger partial charge in [-0.3, -0.25) is 4.79 Å². The number of hydrogen-bond acceptors (Lipinski definition) is 4. The number of anilines is 1. The van der Waals surface area contributed by atoms with Crippen LogP contribution >= 0.6 is 11.6 Å². The first kappa shape index (κ1) is 12.8. The molecule has 18 heavy (non-hydrogen) atoms. The zero-order valence-electron chi connectivity index (χ0n) is 9.57. The molecule has 5 nitrogen and oxygen atoms in total. The van der Waals surface area contributed by atoms with Gasteiger partial charge in [0.25, 0.3) is 0 Å². The van der Waals surface area contributed by atoms with Crippen molar-refractivity contribution in [2.24, 2.45) is 0 Å². The third-order valence-corrected chi connectivity index (χ3v) is 2.92. The van der Waals surface area contributed by atoms with E-state index in [1.807, 2.05) is 6.07 Å². The molecule has 1 aliphatic rings. The van der Waals surface area contributed by atoms with Gasteiger partial charge in [0.15, 0.2) is 0 Å². The lowest BCUT2D eigenvalue weighted by molar-refractivity contribution is -0.120. The van der Waals surface area contributed by atoms with E-state index in [0.717, 1.165) is 0 Å². The van der Waals surface area contributed by atoms with E-state index >= 15 is 0 Å². The molecule has 6 heteroatoms. The van der Waals surface area contributed by atoms with Crippen LogP contribution in [0.2, 0.25) is 5.02 Å². The van der Waals surface area contributed by atoms with Crippen LogP contribution in [-0.4, -0.2) is 31.7 Å². The molecule has 1 aliphatic heterocycles. The van der Waals surface area contributed by atoms with Gasteiger partial charge in [0.05, 0.1) is 23.8 Å². The van der Waals surface area contributed by atoms with Crippen LogP contribution in [0.15, 0.2) is 18.2 Å². The highest BCUT2D eigenvalue weighted by Crippen LogP contribution is 2.19. The molecular weight excluding hydrogens is 254 g/mol. The quantitative estimate of drug-likeness (QED) is 0.841. The number of carbonyl (C=O) groups excluding carboxylic acids is 1. The highest BCUT2D eigenvalue weighted by molar-refractivity contribution is 6.31. The van der Waals surface area contributed by atoms with Crippen LogP contribution in [-0.2, 0) is 9.53 Å². The molecule has 1 unspecified atom stereocenters. The van der Waals surface area contributed by atoms with Crippen LogP contribution < -0.4 is 10.6 Å². The van der Waals surface area contributed by atoms with E-state index in [1.165, 1.54) is 0 Å². The van der Waals surface area contributed by atoms with Crippen molar-refractivity contribution in [2.45, 2.75) is 6.04 Å². The number of hydrogen-bond donors (Lipinski definition) is 2. The predicted molar refractivity (Wildman–Crippen MR) is 67.4 cm³/mol. The van der Waals surface area contributed by atoms with Crippen LogP contribution in [0, 0.1) is 11.3 Å². The number of ether oxygens (including phenoxy) is 1. The second-order valence-corrected chi connectivity index (χ2v) is 4.28. The largest absolute Gasteiger partial charge is 0.378 e. The van der Waals surface area contributed by atoms with Crippen molar-refractivity contribution in [3.63, 3.8) is 0 Å². The highest BCUT2D eigenvalue weighted by atomic mass is 35.5. The van der Waals surface area contributed by atoms with Gasteiger partial charge in [0.1, 0.15) is 12.1 Å². The molecule has 2 N–H and O–H groups in total. The SMILES string of the molecule is N#Cc1cc(NC(=O)C2COCCN2)ccc1Cl. The molecule has 94 valence electrons. The molecule has 2 rings (SSSR count). The van der Waals surface area contributed by atoms with E-state index in [4.69, 9.17) is 21.6 Å². The third-order valence-electron chi connectivity index (χ3n) is 2.59. The lowest BCUT2D eigenvalue weighted by atomic mass is 10.2. The average molecular weight is 266 g/mol. The third kappa shape index (κ3) is 2.99. The molecule has 0 aromatic heterocycles. The fraction of sp³-hybridized carbons (Fsp3) is 0.333. The summed E-state index contributed by atoms with van der Waals surface area (Å²) in [5.74, 6) is -0.180. The Morgan fingerprint density at radius 3 is 3.11 bits per heavy atom. The van der Waals surface area contributed by atoms with E-state index in [9.17, 15) is 4.79 Å². The van der Waals surface area contributed by atoms with E-state index in [0.29, 0.717) is 36.0 Å². The van der Waals surface area contributed by atoms with Crippen LogP contribution in [0.1, 0.15) is 5.56 Å². The Hall–Kier alpha value is -1.61. The Bertz CT molecular complexity index is 493. The summed E-state index contributed by atoms with van der Waals surface area (Å²) in [4.78, 5) is 11.9. The van der Waals surface area contributed by atoms with Gasteiger partial charge in [-0.25, -0.2) is 0 Å². The molecule has 1 atom stereocenters. The molecule has 1 saturated heterocycles. The maximum Gasteiger partial charge on any atom is 0.243 e. The molecule has 1 heterocycles. The van der Waals surface area contributed by atoms with Gasteiger partial charge >= 0.3 is 0 Å². The van der Waals surface area contributed by atoms with E-state index in [1.54, 1.807) is 18.2 Å². The van der Waals surface area contributed by atoms with Crippen molar-refractivity contribution in [3.8, 4) is 6.07 Å². The normalized spacial score (nSPS) is 19.0. The predicted octanol–water partition coefficient (Wildman–Crippen LogP) is 1.14. The first-order valence-corrected chi connectivity index (χ1v) is 5.90. The number of nitriles is 1. The van der Waals surface area contributed by atoms with Crippen molar-refractivity contribution in [2.75, 3.05) is 25.1 Å². The molecule has 1 aromatic carbocycles. The lowest BCUT2D eigenvalue weighted by Crippen LogP contribution is -2.48. The van der Waals surface area contributed by atoms with Crippen molar-refractivity contribution in [1.82, 2.24) is 5.32 Å². The van der Waals surface area contributed by atoms with Crippen LogP contribution in [0.5, 0.6) is 0 Å². The summed E-state index contributed by atoms with van der Waals surface area (Å²) in [6.07, 6.45) is 0. The molecule has 1 fully saturated rings. The van der Waals surface area contributed by atoms with Crippen LogP contribution in [0.25, 0.3) is 0 Å². The van der Waals surface area contributed by atoms with Gasteiger partial charge in [-0.1, -0.05) is 11.6 Å². The van der Waals surface area contributed by atoms with Crippen molar-refractivity contribution < 1.29 is 9.53 Å². The van der Waals surface area contributed by atoms with Crippen molar-refractivity contribution >= 4 is 23.2 Å². The van der Waals surface area contributed by atoms with Gasteiger partial charge in [0, 0.05) is 12.2 Å². The molecule has 0 spiro atoms. The van der Waals surface area contributed by atoms with Gasteiger partial charge in [-0.15, -0.1) is 0 Å². The van der Waals surface area contributed by atoms with E-state index in [2.05, 4.69) is 10.6 Å². The summed E-state index contributed by atoms with van der Waals surface area (Å²) in [6.45, 7) is 1.62. The molecule has 0 bridgehead atoms. The minimum absolute atomic E-state index is 0.180. The number of nitrogens with one attached hydrogen (secondary N) is 2. The molecule has 0 saturated carbocycles. The Balaban J connectivity index is 2.05. The van der Waals surface area contributed by atoms with E-state index < -0.39 is 0 Å². The summed E-state index contributed by atoms with van der Waals surface area (Å²) in [6, 6.07) is 6.39. The Labute approximate surface area is 110 Å². The number of morpholine rings is 1. The summed E-state index contributed by atoms with van der Waals surface area (Å²) in [5.41, 5.74) is 0.885. The fourth-order valence-corrected chi connectivity index (χ4v) is 1.81. The second kappa shape index (κ2) is 5.83. The first-order valence-electron chi connectivity index (χ1n) is 5.52. The standard InChI is InChI=1S/C12H12ClN3O2/c13-10-2-1-9(5-8(10)6-14)16-12(17)11-7-18-4-3-15-11/h1-2,5,11,15H,3-4,7H2,(H,16,17). The fourth-order valence-electron chi connectivity index (χ4n) is 1.65. The lowest BCUT2D eigenvalue weighted by Gasteiger charge is -2.22. The van der Waals surface area contributed by atoms with Gasteiger partial charge < -0.3 is 15.4 Å². The zero-order valence-corrected chi connectivity index (χ0v) is 10.3. The van der Waals surface area contributed by atoms with Gasteiger partial charge in [-0.2, -0.15) is 5.26 Å². The summed E-state index contributed by atoms with van der Waals surface area (Å²) in [5, 5.41) is 15.0. The Kier molecular flexibility index (Phi) is 4.15. The van der Waals surface area contributed by atoms with Gasteiger partial charge in [-0.05, 0) is 18.2 Å². The van der Waals surface area contributed by atoms with Crippen LogP contribution in [0.4, 0.5) is 5.69 Å². The Morgan fingerprint density at radius 1 is 1.61 bits per heavy atom. The zero-order chi connectivity index (χ0) is 13.0. The first-order chi connectivity index (χ1) is 8.70. The molecular formula is C12H12ClN3O2. The molecule has 0 aliphatic carbocycles. The number of amides is 1. The molecule has 0 radical (unpaired) electrons. The molecule has 1 aromatic rings. The van der Waals surface area contributed by atoms with Crippen molar-refractivity contribution in [1.29, 1.82) is 5.26 Å². The minimum atomic E-state index is -0.361. The monoisotopic (exact) mass is 265 g/mol. The summed E-state index contributed by atoms with van der Waals surface area (Å²) >= 11 is 5.81. The maximum absolute atomic E-state index is 11.9. The number of carbonyl (C=O) groups is 1. The van der Waals surface area contributed by atoms with E-state index in [-0.39, 0.29) is 11.9 Å². The maximum atomic E-state index is 11.9. The summed E-state index contributed by atoms with van der Waals surface area (Å²) < 4.78 is 5.21. The smallest absolute Gasteiger partial charge is 0.243 e. The number of nitrogens with zero attached hydrogens (tertiary/aromatic N) is 1.